The largest absolute Gasteiger partial charge is 0.416 e. The second-order valence-corrected chi connectivity index (χ2v) is 7.36. The SMILES string of the molecule is Cc1cncn1-c1cc(-c2nc3ccc(NC(=O)c4cnoc4)cc3[nH]2)cc(C(F)(F)F)c1. The third-order valence-corrected chi connectivity index (χ3v) is 5.05. The zero-order valence-corrected chi connectivity index (χ0v) is 17.0. The highest BCUT2D eigenvalue weighted by Gasteiger charge is 2.32. The van der Waals surface area contributed by atoms with E-state index >= 15 is 0 Å². The lowest BCUT2D eigenvalue weighted by Crippen LogP contribution is -2.10. The predicted molar refractivity (Wildman–Crippen MR) is 113 cm³/mol. The number of hydrogen-bond donors (Lipinski definition) is 2. The number of hydrogen-bond acceptors (Lipinski definition) is 5. The van der Waals surface area contributed by atoms with Crippen molar-refractivity contribution in [3.8, 4) is 17.1 Å². The van der Waals surface area contributed by atoms with Crippen LogP contribution in [0.4, 0.5) is 18.9 Å². The van der Waals surface area contributed by atoms with E-state index in [9.17, 15) is 18.0 Å². The molecule has 5 aromatic rings. The number of rotatable bonds is 4. The smallest absolute Gasteiger partial charge is 0.364 e. The minimum absolute atomic E-state index is 0.256. The van der Waals surface area contributed by atoms with Crippen molar-refractivity contribution < 1.29 is 22.5 Å². The van der Waals surface area contributed by atoms with E-state index in [4.69, 9.17) is 0 Å². The average Bonchev–Trinajstić information content (AvgIpc) is 3.53. The molecule has 0 saturated carbocycles. The maximum Gasteiger partial charge on any atom is 0.416 e. The summed E-state index contributed by atoms with van der Waals surface area (Å²) in [7, 11) is 0. The number of aromatic amines is 1. The summed E-state index contributed by atoms with van der Waals surface area (Å²) in [4.78, 5) is 23.7. The third kappa shape index (κ3) is 3.95. The summed E-state index contributed by atoms with van der Waals surface area (Å²) in [5.74, 6) is -0.147. The molecule has 3 aromatic heterocycles. The molecule has 2 aromatic carbocycles. The highest BCUT2D eigenvalue weighted by molar-refractivity contribution is 6.04. The van der Waals surface area contributed by atoms with Gasteiger partial charge in [-0.3, -0.25) is 4.79 Å². The molecule has 0 saturated heterocycles. The number of benzene rings is 2. The number of aromatic nitrogens is 5. The Morgan fingerprint density at radius 2 is 2.00 bits per heavy atom. The van der Waals surface area contributed by atoms with Gasteiger partial charge < -0.3 is 19.4 Å². The molecule has 2 N–H and O–H groups in total. The van der Waals surface area contributed by atoms with Gasteiger partial charge in [-0.25, -0.2) is 9.97 Å². The molecule has 3 heterocycles. The molecule has 0 bridgehead atoms. The van der Waals surface area contributed by atoms with Crippen LogP contribution in [0.3, 0.4) is 0 Å². The van der Waals surface area contributed by atoms with Crippen molar-refractivity contribution in [1.82, 2.24) is 24.7 Å². The molecular formula is C22H15F3N6O2. The molecule has 11 heteroatoms. The van der Waals surface area contributed by atoms with Crippen LogP contribution in [0.1, 0.15) is 21.6 Å². The maximum atomic E-state index is 13.6. The second-order valence-electron chi connectivity index (χ2n) is 7.36. The number of carbonyl (C=O) groups is 1. The van der Waals surface area contributed by atoms with Crippen LogP contribution < -0.4 is 5.32 Å². The minimum atomic E-state index is -4.54. The molecule has 33 heavy (non-hydrogen) atoms. The van der Waals surface area contributed by atoms with Gasteiger partial charge in [0.15, 0.2) is 0 Å². The van der Waals surface area contributed by atoms with Crippen LogP contribution in [0.15, 0.2) is 65.9 Å². The maximum absolute atomic E-state index is 13.6. The molecule has 0 radical (unpaired) electrons. The Bertz CT molecular complexity index is 1470. The molecule has 166 valence electrons. The third-order valence-electron chi connectivity index (χ3n) is 5.05. The Morgan fingerprint density at radius 1 is 1.15 bits per heavy atom. The summed E-state index contributed by atoms with van der Waals surface area (Å²) in [6.07, 6.45) is 0.990. The van der Waals surface area contributed by atoms with Crippen LogP contribution in [0.5, 0.6) is 0 Å². The van der Waals surface area contributed by atoms with Crippen LogP contribution >= 0.6 is 0 Å². The van der Waals surface area contributed by atoms with Crippen LogP contribution in [-0.2, 0) is 6.18 Å². The molecular weight excluding hydrogens is 437 g/mol. The van der Waals surface area contributed by atoms with Crippen molar-refractivity contribution in [3.63, 3.8) is 0 Å². The van der Waals surface area contributed by atoms with Gasteiger partial charge in [0.2, 0.25) is 0 Å². The second kappa shape index (κ2) is 7.62. The summed E-state index contributed by atoms with van der Waals surface area (Å²) in [5.41, 5.74) is 2.28. The highest BCUT2D eigenvalue weighted by atomic mass is 19.4. The van der Waals surface area contributed by atoms with E-state index < -0.39 is 17.6 Å². The summed E-state index contributed by atoms with van der Waals surface area (Å²) in [6, 6.07) is 8.67. The first kappa shape index (κ1) is 20.5. The number of amides is 1. The number of imidazole rings is 2. The number of anilines is 1. The number of alkyl halides is 3. The zero-order valence-electron chi connectivity index (χ0n) is 17.0. The zero-order chi connectivity index (χ0) is 23.2. The highest BCUT2D eigenvalue weighted by Crippen LogP contribution is 2.34. The topological polar surface area (TPSA) is 102 Å². The van der Waals surface area contributed by atoms with Gasteiger partial charge in [0.1, 0.15) is 12.1 Å². The number of fused-ring (bicyclic) bond motifs is 1. The van der Waals surface area contributed by atoms with Crippen molar-refractivity contribution in [2.45, 2.75) is 13.1 Å². The Balaban J connectivity index is 1.54. The van der Waals surface area contributed by atoms with Crippen LogP contribution in [0.2, 0.25) is 0 Å². The van der Waals surface area contributed by atoms with E-state index in [1.807, 2.05) is 0 Å². The number of halogens is 3. The molecule has 0 unspecified atom stereocenters. The van der Waals surface area contributed by atoms with Gasteiger partial charge in [-0.05, 0) is 43.3 Å². The van der Waals surface area contributed by atoms with Gasteiger partial charge in [-0.15, -0.1) is 0 Å². The number of nitrogens with zero attached hydrogens (tertiary/aromatic N) is 4. The number of H-pyrrole nitrogens is 1. The molecule has 0 atom stereocenters. The lowest BCUT2D eigenvalue weighted by atomic mass is 10.1. The van der Waals surface area contributed by atoms with Gasteiger partial charge in [0.05, 0.1) is 34.7 Å². The summed E-state index contributed by atoms with van der Waals surface area (Å²) in [5, 5.41) is 6.19. The van der Waals surface area contributed by atoms with Gasteiger partial charge >= 0.3 is 6.18 Å². The van der Waals surface area contributed by atoms with E-state index in [1.54, 1.807) is 42.0 Å². The Morgan fingerprint density at radius 3 is 2.70 bits per heavy atom. The number of carbonyl (C=O) groups excluding carboxylic acids is 1. The molecule has 5 rings (SSSR count). The van der Waals surface area contributed by atoms with E-state index in [1.165, 1.54) is 18.8 Å². The molecule has 0 aliphatic heterocycles. The average molecular weight is 452 g/mol. The number of nitrogens with one attached hydrogen (secondary N) is 2. The quantitative estimate of drug-likeness (QED) is 0.400. The number of aryl methyl sites for hydroxylation is 1. The first-order valence-electron chi connectivity index (χ1n) is 9.70. The Labute approximate surface area is 184 Å². The van der Waals surface area contributed by atoms with Crippen LogP contribution in [0.25, 0.3) is 28.1 Å². The first-order valence-corrected chi connectivity index (χ1v) is 9.70. The van der Waals surface area contributed by atoms with Gasteiger partial charge in [-0.1, -0.05) is 5.16 Å². The lowest BCUT2D eigenvalue weighted by Gasteiger charge is -2.13. The fraction of sp³-hybridized carbons (Fsp3) is 0.0909. The molecule has 0 aliphatic rings. The summed E-state index contributed by atoms with van der Waals surface area (Å²) >= 11 is 0. The molecule has 1 amide bonds. The van der Waals surface area contributed by atoms with Gasteiger partial charge in [0, 0.05) is 28.8 Å². The molecule has 0 spiro atoms. The van der Waals surface area contributed by atoms with Crippen molar-refractivity contribution in [2.24, 2.45) is 0 Å². The van der Waals surface area contributed by atoms with Crippen molar-refractivity contribution in [1.29, 1.82) is 0 Å². The summed E-state index contributed by atoms with van der Waals surface area (Å²) < 4.78 is 47.0. The van der Waals surface area contributed by atoms with E-state index in [0.29, 0.717) is 28.1 Å². The summed E-state index contributed by atoms with van der Waals surface area (Å²) in [6.45, 7) is 1.75. The van der Waals surface area contributed by atoms with Crippen molar-refractivity contribution in [3.05, 3.63) is 78.2 Å². The van der Waals surface area contributed by atoms with E-state index in [-0.39, 0.29) is 17.0 Å². The standard InChI is InChI=1S/C22H15F3N6O2/c1-12-8-26-11-31(12)17-5-13(4-15(6-17)22(23,24)25)20-29-18-3-2-16(7-19(18)30-20)28-21(32)14-9-27-33-10-14/h2-11H,1H3,(H,28,32)(H,29,30). The fourth-order valence-electron chi connectivity index (χ4n) is 3.43. The van der Waals surface area contributed by atoms with E-state index in [0.717, 1.165) is 12.1 Å². The minimum Gasteiger partial charge on any atom is -0.364 e. The predicted octanol–water partition coefficient (Wildman–Crippen LogP) is 4.98. The van der Waals surface area contributed by atoms with Gasteiger partial charge in [0.25, 0.3) is 5.91 Å². The fourth-order valence-corrected chi connectivity index (χ4v) is 3.43. The van der Waals surface area contributed by atoms with Crippen LogP contribution in [0, 0.1) is 6.92 Å². The molecule has 0 aliphatic carbocycles. The van der Waals surface area contributed by atoms with Crippen molar-refractivity contribution in [2.75, 3.05) is 5.32 Å². The first-order chi connectivity index (χ1) is 15.8. The lowest BCUT2D eigenvalue weighted by molar-refractivity contribution is -0.137. The monoisotopic (exact) mass is 452 g/mol. The van der Waals surface area contributed by atoms with E-state index in [2.05, 4.69) is 29.9 Å². The Hall–Kier alpha value is -4.41. The Kier molecular flexibility index (Phi) is 4.73. The van der Waals surface area contributed by atoms with Gasteiger partial charge in [-0.2, -0.15) is 13.2 Å². The van der Waals surface area contributed by atoms with Crippen molar-refractivity contribution >= 4 is 22.6 Å². The molecule has 8 nitrogen and oxygen atoms in total. The van der Waals surface area contributed by atoms with Crippen LogP contribution in [-0.4, -0.2) is 30.6 Å². The molecule has 0 fully saturated rings. The normalized spacial score (nSPS) is 11.8.